The second-order valence-electron chi connectivity index (χ2n) is 7.13. The van der Waals surface area contributed by atoms with Crippen LogP contribution < -0.4 is 0 Å². The number of rotatable bonds is 4. The molecule has 1 aliphatic heterocycles. The molecule has 0 unspecified atom stereocenters. The Labute approximate surface area is 152 Å². The SMILES string of the molecule is Cc1nn(Cc2cccc(C(=O)N3CCC[C@H](C)C3)c2)c(C)c1[N+](=O)[O-]. The fourth-order valence-corrected chi connectivity index (χ4v) is 3.64. The molecule has 1 fully saturated rings. The molecule has 138 valence electrons. The topological polar surface area (TPSA) is 81.3 Å². The van der Waals surface area contributed by atoms with E-state index in [0.717, 1.165) is 25.1 Å². The van der Waals surface area contributed by atoms with Crippen LogP contribution in [-0.4, -0.2) is 38.6 Å². The van der Waals surface area contributed by atoms with Gasteiger partial charge in [0.2, 0.25) is 0 Å². The number of aryl methyl sites for hydroxylation is 1. The minimum Gasteiger partial charge on any atom is -0.338 e. The van der Waals surface area contributed by atoms with E-state index in [4.69, 9.17) is 0 Å². The number of piperidine rings is 1. The third-order valence-electron chi connectivity index (χ3n) is 4.98. The molecule has 0 radical (unpaired) electrons. The highest BCUT2D eigenvalue weighted by atomic mass is 16.6. The molecule has 3 rings (SSSR count). The summed E-state index contributed by atoms with van der Waals surface area (Å²) in [6.45, 7) is 7.51. The number of nitro groups is 1. The first-order valence-corrected chi connectivity index (χ1v) is 8.93. The Morgan fingerprint density at radius 2 is 2.15 bits per heavy atom. The van der Waals surface area contributed by atoms with Crippen molar-refractivity contribution in [3.63, 3.8) is 0 Å². The van der Waals surface area contributed by atoms with Gasteiger partial charge in [-0.1, -0.05) is 19.1 Å². The van der Waals surface area contributed by atoms with Crippen LogP contribution in [0.5, 0.6) is 0 Å². The largest absolute Gasteiger partial charge is 0.338 e. The van der Waals surface area contributed by atoms with Crippen molar-refractivity contribution in [3.8, 4) is 0 Å². The normalized spacial score (nSPS) is 17.3. The van der Waals surface area contributed by atoms with Crippen molar-refractivity contribution in [1.29, 1.82) is 0 Å². The fourth-order valence-electron chi connectivity index (χ4n) is 3.64. The van der Waals surface area contributed by atoms with Gasteiger partial charge in [-0.05, 0) is 50.3 Å². The van der Waals surface area contributed by atoms with Gasteiger partial charge in [0.15, 0.2) is 0 Å². The highest BCUT2D eigenvalue weighted by Crippen LogP contribution is 2.23. The van der Waals surface area contributed by atoms with E-state index in [9.17, 15) is 14.9 Å². The molecule has 0 saturated carbocycles. The Morgan fingerprint density at radius 3 is 2.81 bits per heavy atom. The van der Waals surface area contributed by atoms with E-state index in [2.05, 4.69) is 12.0 Å². The fraction of sp³-hybridized carbons (Fsp3) is 0.474. The van der Waals surface area contributed by atoms with E-state index >= 15 is 0 Å². The van der Waals surface area contributed by atoms with Crippen LogP contribution in [0.15, 0.2) is 24.3 Å². The van der Waals surface area contributed by atoms with E-state index in [0.29, 0.717) is 29.4 Å². The van der Waals surface area contributed by atoms with Gasteiger partial charge < -0.3 is 4.90 Å². The molecular weight excluding hydrogens is 332 g/mol. The lowest BCUT2D eigenvalue weighted by atomic mass is 9.99. The number of carbonyl (C=O) groups excluding carboxylic acids is 1. The molecule has 1 aliphatic rings. The lowest BCUT2D eigenvalue weighted by molar-refractivity contribution is -0.386. The third-order valence-corrected chi connectivity index (χ3v) is 4.98. The van der Waals surface area contributed by atoms with Crippen LogP contribution in [-0.2, 0) is 6.54 Å². The molecule has 0 bridgehead atoms. The minimum absolute atomic E-state index is 0.0535. The Bertz CT molecular complexity index is 843. The Balaban J connectivity index is 1.81. The summed E-state index contributed by atoms with van der Waals surface area (Å²) in [5, 5.41) is 15.4. The monoisotopic (exact) mass is 356 g/mol. The zero-order valence-electron chi connectivity index (χ0n) is 15.4. The van der Waals surface area contributed by atoms with Gasteiger partial charge >= 0.3 is 5.69 Å². The second-order valence-corrected chi connectivity index (χ2v) is 7.13. The third kappa shape index (κ3) is 3.61. The van der Waals surface area contributed by atoms with Crippen molar-refractivity contribution < 1.29 is 9.72 Å². The van der Waals surface area contributed by atoms with Gasteiger partial charge in [0.1, 0.15) is 11.4 Å². The summed E-state index contributed by atoms with van der Waals surface area (Å²) in [5.74, 6) is 0.587. The number of amides is 1. The molecule has 7 nitrogen and oxygen atoms in total. The number of hydrogen-bond donors (Lipinski definition) is 0. The molecule has 0 aliphatic carbocycles. The van der Waals surface area contributed by atoms with Gasteiger partial charge in [-0.2, -0.15) is 5.10 Å². The maximum Gasteiger partial charge on any atom is 0.312 e. The highest BCUT2D eigenvalue weighted by molar-refractivity contribution is 5.94. The van der Waals surface area contributed by atoms with Gasteiger partial charge in [-0.25, -0.2) is 0 Å². The standard InChI is InChI=1S/C19H24N4O3/c1-13-6-5-9-21(11-13)19(24)17-8-4-7-16(10-17)12-22-15(3)18(23(25)26)14(2)20-22/h4,7-8,10,13H,5-6,9,11-12H2,1-3H3/t13-/m0/s1. The van der Waals surface area contributed by atoms with Crippen molar-refractivity contribution in [3.05, 3.63) is 56.9 Å². The summed E-state index contributed by atoms with van der Waals surface area (Å²) >= 11 is 0. The molecule has 1 atom stereocenters. The molecule has 2 heterocycles. The van der Waals surface area contributed by atoms with Crippen LogP contribution in [0.1, 0.15) is 47.1 Å². The number of carbonyl (C=O) groups is 1. The second kappa shape index (κ2) is 7.27. The molecule has 7 heteroatoms. The number of likely N-dealkylation sites (tertiary alicyclic amines) is 1. The van der Waals surface area contributed by atoms with Crippen LogP contribution in [0.4, 0.5) is 5.69 Å². The zero-order chi connectivity index (χ0) is 18.8. The van der Waals surface area contributed by atoms with Crippen LogP contribution in [0, 0.1) is 29.9 Å². The molecule has 1 aromatic heterocycles. The predicted octanol–water partition coefficient (Wildman–Crippen LogP) is 3.33. The predicted molar refractivity (Wildman–Crippen MR) is 98.2 cm³/mol. The minimum atomic E-state index is -0.397. The number of nitrogens with zero attached hydrogens (tertiary/aromatic N) is 4. The van der Waals surface area contributed by atoms with Crippen molar-refractivity contribution >= 4 is 11.6 Å². The maximum atomic E-state index is 12.8. The van der Waals surface area contributed by atoms with E-state index in [1.807, 2.05) is 29.2 Å². The Kier molecular flexibility index (Phi) is 5.06. The van der Waals surface area contributed by atoms with Crippen molar-refractivity contribution in [2.24, 2.45) is 5.92 Å². The van der Waals surface area contributed by atoms with Crippen molar-refractivity contribution in [1.82, 2.24) is 14.7 Å². The quantitative estimate of drug-likeness (QED) is 0.621. The van der Waals surface area contributed by atoms with Gasteiger partial charge in [0, 0.05) is 18.7 Å². The van der Waals surface area contributed by atoms with Gasteiger partial charge in [0.05, 0.1) is 11.5 Å². The lowest BCUT2D eigenvalue weighted by Gasteiger charge is -2.31. The van der Waals surface area contributed by atoms with E-state index in [1.54, 1.807) is 18.5 Å². The first kappa shape index (κ1) is 18.1. The smallest absolute Gasteiger partial charge is 0.312 e. The molecule has 26 heavy (non-hydrogen) atoms. The molecule has 1 saturated heterocycles. The number of benzene rings is 1. The van der Waals surface area contributed by atoms with Gasteiger partial charge in [-0.3, -0.25) is 19.6 Å². The molecular formula is C19H24N4O3. The number of aromatic nitrogens is 2. The number of hydrogen-bond acceptors (Lipinski definition) is 4. The van der Waals surface area contributed by atoms with Gasteiger partial charge in [0.25, 0.3) is 5.91 Å². The molecule has 1 amide bonds. The van der Waals surface area contributed by atoms with E-state index in [1.165, 1.54) is 6.42 Å². The van der Waals surface area contributed by atoms with Crippen molar-refractivity contribution in [2.75, 3.05) is 13.1 Å². The average molecular weight is 356 g/mol. The lowest BCUT2D eigenvalue weighted by Crippen LogP contribution is -2.39. The first-order chi connectivity index (χ1) is 12.4. The van der Waals surface area contributed by atoms with Gasteiger partial charge in [-0.15, -0.1) is 0 Å². The summed E-state index contributed by atoms with van der Waals surface area (Å²) in [6, 6.07) is 7.46. The zero-order valence-corrected chi connectivity index (χ0v) is 15.4. The van der Waals surface area contributed by atoms with E-state index < -0.39 is 4.92 Å². The van der Waals surface area contributed by atoms with Crippen LogP contribution >= 0.6 is 0 Å². The molecule has 0 spiro atoms. The summed E-state index contributed by atoms with van der Waals surface area (Å²) in [7, 11) is 0. The average Bonchev–Trinajstić information content (AvgIpc) is 2.88. The first-order valence-electron chi connectivity index (χ1n) is 8.93. The summed E-state index contributed by atoms with van der Waals surface area (Å²) < 4.78 is 1.63. The van der Waals surface area contributed by atoms with Crippen LogP contribution in [0.3, 0.4) is 0 Å². The maximum absolute atomic E-state index is 12.8. The molecule has 0 N–H and O–H groups in total. The van der Waals surface area contributed by atoms with Crippen LogP contribution in [0.2, 0.25) is 0 Å². The summed E-state index contributed by atoms with van der Waals surface area (Å²) in [4.78, 5) is 25.5. The van der Waals surface area contributed by atoms with Crippen LogP contribution in [0.25, 0.3) is 0 Å². The highest BCUT2D eigenvalue weighted by Gasteiger charge is 2.23. The summed E-state index contributed by atoms with van der Waals surface area (Å²) in [5.41, 5.74) is 2.55. The Morgan fingerprint density at radius 1 is 1.38 bits per heavy atom. The van der Waals surface area contributed by atoms with E-state index in [-0.39, 0.29) is 11.6 Å². The molecule has 1 aromatic carbocycles. The van der Waals surface area contributed by atoms with Crippen molar-refractivity contribution in [2.45, 2.75) is 40.2 Å². The summed E-state index contributed by atoms with van der Waals surface area (Å²) in [6.07, 6.45) is 2.21. The molecule has 2 aromatic rings. The Hall–Kier alpha value is -2.70.